The molecule has 184 valence electrons. The topological polar surface area (TPSA) is 95.6 Å². The van der Waals surface area contributed by atoms with Crippen LogP contribution < -0.4 is 10.6 Å². The Morgan fingerprint density at radius 2 is 1.59 bits per heavy atom. The standard InChI is InChI=1S/C26H35N3O4S/c1-19(2)25(28-24(30)18-20-10-6-4-7-11-20)26(31)27-21-14-16-23(17-15-21)34(32,33)29(3)22-12-8-5-9-13-22/h4,6-7,10-11,14-17,19,22,25H,5,8-9,12-13,18H2,1-3H3,(H,27,31)(H,28,30). The quantitative estimate of drug-likeness (QED) is 0.562. The van der Waals surface area contributed by atoms with Crippen molar-refractivity contribution in [3.05, 3.63) is 60.2 Å². The zero-order valence-corrected chi connectivity index (χ0v) is 21.0. The molecule has 0 spiro atoms. The van der Waals surface area contributed by atoms with Crippen LogP contribution >= 0.6 is 0 Å². The largest absolute Gasteiger partial charge is 0.344 e. The van der Waals surface area contributed by atoms with E-state index >= 15 is 0 Å². The molecule has 2 N–H and O–H groups in total. The number of sulfonamides is 1. The molecule has 0 saturated heterocycles. The molecule has 1 fully saturated rings. The first-order valence-corrected chi connectivity index (χ1v) is 13.3. The fraction of sp³-hybridized carbons (Fsp3) is 0.462. The number of benzene rings is 2. The van der Waals surface area contributed by atoms with Gasteiger partial charge in [-0.05, 0) is 48.6 Å². The third kappa shape index (κ3) is 6.67. The van der Waals surface area contributed by atoms with E-state index in [1.807, 2.05) is 44.2 Å². The summed E-state index contributed by atoms with van der Waals surface area (Å²) in [4.78, 5) is 25.6. The number of carbonyl (C=O) groups excluding carboxylic acids is 2. The SMILES string of the molecule is CC(C)C(NC(=O)Cc1ccccc1)C(=O)Nc1ccc(S(=O)(=O)N(C)C2CCCCC2)cc1. The van der Waals surface area contributed by atoms with Crippen molar-refractivity contribution in [3.63, 3.8) is 0 Å². The number of anilines is 1. The molecule has 3 rings (SSSR count). The lowest BCUT2D eigenvalue weighted by Gasteiger charge is -2.30. The molecule has 1 aliphatic carbocycles. The maximum absolute atomic E-state index is 13.0. The zero-order chi connectivity index (χ0) is 24.7. The Bertz CT molecular complexity index is 1060. The monoisotopic (exact) mass is 485 g/mol. The zero-order valence-electron chi connectivity index (χ0n) is 20.2. The fourth-order valence-electron chi connectivity index (χ4n) is 4.28. The summed E-state index contributed by atoms with van der Waals surface area (Å²) in [5, 5.41) is 5.62. The van der Waals surface area contributed by atoms with Crippen molar-refractivity contribution in [2.75, 3.05) is 12.4 Å². The maximum Gasteiger partial charge on any atom is 0.247 e. The Kier molecular flexibility index (Phi) is 8.85. The highest BCUT2D eigenvalue weighted by Gasteiger charge is 2.29. The van der Waals surface area contributed by atoms with Gasteiger partial charge in [0.25, 0.3) is 0 Å². The highest BCUT2D eigenvalue weighted by atomic mass is 32.2. The molecule has 2 aromatic rings. The van der Waals surface area contributed by atoms with E-state index in [2.05, 4.69) is 10.6 Å². The minimum Gasteiger partial charge on any atom is -0.344 e. The van der Waals surface area contributed by atoms with Crippen molar-refractivity contribution in [1.82, 2.24) is 9.62 Å². The second-order valence-electron chi connectivity index (χ2n) is 9.28. The van der Waals surface area contributed by atoms with Gasteiger partial charge in [0.15, 0.2) is 0 Å². The van der Waals surface area contributed by atoms with Crippen LogP contribution in [0.4, 0.5) is 5.69 Å². The van der Waals surface area contributed by atoms with E-state index < -0.39 is 16.1 Å². The summed E-state index contributed by atoms with van der Waals surface area (Å²) in [6, 6.07) is 14.9. The van der Waals surface area contributed by atoms with E-state index in [4.69, 9.17) is 0 Å². The first-order chi connectivity index (χ1) is 16.2. The molecule has 2 aromatic carbocycles. The Hall–Kier alpha value is -2.71. The Morgan fingerprint density at radius 1 is 0.971 bits per heavy atom. The minimum absolute atomic E-state index is 0.0319. The number of amides is 2. The van der Waals surface area contributed by atoms with Crippen molar-refractivity contribution in [2.45, 2.75) is 69.4 Å². The lowest BCUT2D eigenvalue weighted by molar-refractivity contribution is -0.127. The third-order valence-corrected chi connectivity index (χ3v) is 8.29. The van der Waals surface area contributed by atoms with Crippen molar-refractivity contribution < 1.29 is 18.0 Å². The molecule has 0 heterocycles. The van der Waals surface area contributed by atoms with E-state index in [1.54, 1.807) is 19.2 Å². The first kappa shape index (κ1) is 25.9. The van der Waals surface area contributed by atoms with Crippen LogP contribution in [-0.4, -0.2) is 43.7 Å². The Balaban J connectivity index is 1.63. The average molecular weight is 486 g/mol. The molecule has 1 atom stereocenters. The highest BCUT2D eigenvalue weighted by molar-refractivity contribution is 7.89. The minimum atomic E-state index is -3.60. The van der Waals surface area contributed by atoms with Crippen LogP contribution in [0.3, 0.4) is 0 Å². The maximum atomic E-state index is 13.0. The summed E-state index contributed by atoms with van der Waals surface area (Å²) in [6.07, 6.45) is 5.22. The van der Waals surface area contributed by atoms with Crippen LogP contribution in [0.15, 0.2) is 59.5 Å². The molecule has 34 heavy (non-hydrogen) atoms. The summed E-state index contributed by atoms with van der Waals surface area (Å²) >= 11 is 0. The Morgan fingerprint density at radius 3 is 2.18 bits per heavy atom. The van der Waals surface area contributed by atoms with Gasteiger partial charge < -0.3 is 10.6 Å². The molecule has 2 amide bonds. The number of hydrogen-bond acceptors (Lipinski definition) is 4. The molecule has 7 nitrogen and oxygen atoms in total. The van der Waals surface area contributed by atoms with Gasteiger partial charge >= 0.3 is 0 Å². The second kappa shape index (κ2) is 11.6. The molecule has 8 heteroatoms. The lowest BCUT2D eigenvalue weighted by atomic mass is 9.96. The van der Waals surface area contributed by atoms with Gasteiger partial charge in [0.2, 0.25) is 21.8 Å². The summed E-state index contributed by atoms with van der Waals surface area (Å²) in [6.45, 7) is 3.73. The molecule has 1 unspecified atom stereocenters. The van der Waals surface area contributed by atoms with Gasteiger partial charge in [-0.2, -0.15) is 4.31 Å². The van der Waals surface area contributed by atoms with E-state index in [0.717, 1.165) is 37.7 Å². The molecule has 0 aliphatic heterocycles. The number of hydrogen-bond donors (Lipinski definition) is 2. The smallest absolute Gasteiger partial charge is 0.247 e. The fourth-order valence-corrected chi connectivity index (χ4v) is 5.69. The summed E-state index contributed by atoms with van der Waals surface area (Å²) < 4.78 is 27.5. The van der Waals surface area contributed by atoms with Crippen LogP contribution in [-0.2, 0) is 26.0 Å². The number of nitrogens with one attached hydrogen (secondary N) is 2. The normalized spacial score (nSPS) is 15.8. The highest BCUT2D eigenvalue weighted by Crippen LogP contribution is 2.27. The number of carbonyl (C=O) groups is 2. The van der Waals surface area contributed by atoms with E-state index in [1.165, 1.54) is 16.4 Å². The third-order valence-electron chi connectivity index (χ3n) is 6.36. The average Bonchev–Trinajstić information content (AvgIpc) is 2.83. The molecular weight excluding hydrogens is 450 g/mol. The Labute approximate surface area is 203 Å². The van der Waals surface area contributed by atoms with Gasteiger partial charge in [-0.1, -0.05) is 63.4 Å². The lowest BCUT2D eigenvalue weighted by Crippen LogP contribution is -2.47. The predicted molar refractivity (Wildman–Crippen MR) is 134 cm³/mol. The molecular formula is C26H35N3O4S. The van der Waals surface area contributed by atoms with Gasteiger partial charge in [-0.15, -0.1) is 0 Å². The van der Waals surface area contributed by atoms with Gasteiger partial charge in [0.05, 0.1) is 11.3 Å². The molecule has 0 aromatic heterocycles. The van der Waals surface area contributed by atoms with E-state index in [-0.39, 0.29) is 35.1 Å². The van der Waals surface area contributed by atoms with Crippen LogP contribution in [0.2, 0.25) is 0 Å². The van der Waals surface area contributed by atoms with Crippen LogP contribution in [0.5, 0.6) is 0 Å². The summed E-state index contributed by atoms with van der Waals surface area (Å²) in [7, 11) is -1.95. The number of rotatable bonds is 9. The van der Waals surface area contributed by atoms with Gasteiger partial charge in [0, 0.05) is 18.8 Å². The first-order valence-electron chi connectivity index (χ1n) is 11.9. The van der Waals surface area contributed by atoms with Crippen molar-refractivity contribution >= 4 is 27.5 Å². The van der Waals surface area contributed by atoms with Crippen molar-refractivity contribution in [3.8, 4) is 0 Å². The second-order valence-corrected chi connectivity index (χ2v) is 11.3. The molecule has 0 bridgehead atoms. The van der Waals surface area contributed by atoms with E-state index in [0.29, 0.717) is 5.69 Å². The van der Waals surface area contributed by atoms with Crippen LogP contribution in [0, 0.1) is 5.92 Å². The van der Waals surface area contributed by atoms with Crippen molar-refractivity contribution in [1.29, 1.82) is 0 Å². The molecule has 1 saturated carbocycles. The molecule has 1 aliphatic rings. The van der Waals surface area contributed by atoms with Gasteiger partial charge in [0.1, 0.15) is 6.04 Å². The number of nitrogens with zero attached hydrogens (tertiary/aromatic N) is 1. The van der Waals surface area contributed by atoms with E-state index in [9.17, 15) is 18.0 Å². The van der Waals surface area contributed by atoms with Crippen LogP contribution in [0.1, 0.15) is 51.5 Å². The predicted octanol–water partition coefficient (Wildman–Crippen LogP) is 3.96. The van der Waals surface area contributed by atoms with Crippen molar-refractivity contribution in [2.24, 2.45) is 5.92 Å². The summed E-state index contributed by atoms with van der Waals surface area (Å²) in [5.41, 5.74) is 1.35. The van der Waals surface area contributed by atoms with Gasteiger partial charge in [-0.3, -0.25) is 9.59 Å². The molecule has 0 radical (unpaired) electrons. The van der Waals surface area contributed by atoms with Crippen LogP contribution in [0.25, 0.3) is 0 Å². The summed E-state index contributed by atoms with van der Waals surface area (Å²) in [5.74, 6) is -0.692. The van der Waals surface area contributed by atoms with Gasteiger partial charge in [-0.25, -0.2) is 8.42 Å².